The number of amides is 1. The van der Waals surface area contributed by atoms with Gasteiger partial charge >= 0.3 is 0 Å². The van der Waals surface area contributed by atoms with Gasteiger partial charge in [-0.3, -0.25) is 4.79 Å². The van der Waals surface area contributed by atoms with E-state index >= 15 is 0 Å². The second-order valence-corrected chi connectivity index (χ2v) is 6.36. The lowest BCUT2D eigenvalue weighted by Crippen LogP contribution is -2.27. The van der Waals surface area contributed by atoms with Gasteiger partial charge < -0.3 is 10.1 Å². The van der Waals surface area contributed by atoms with Crippen LogP contribution >= 0.6 is 11.3 Å². The number of carbonyl (C=O) groups excluding carboxylic acids is 1. The summed E-state index contributed by atoms with van der Waals surface area (Å²) >= 11 is 1.60. The number of hydrogen-bond acceptors (Lipinski definition) is 4. The summed E-state index contributed by atoms with van der Waals surface area (Å²) in [6.07, 6.45) is 1.16. The van der Waals surface area contributed by atoms with Crippen molar-refractivity contribution in [1.82, 2.24) is 10.3 Å². The molecule has 22 heavy (non-hydrogen) atoms. The lowest BCUT2D eigenvalue weighted by Gasteiger charge is -2.12. The Morgan fingerprint density at radius 3 is 2.82 bits per heavy atom. The predicted octanol–water partition coefficient (Wildman–Crippen LogP) is 3.80. The third-order valence-electron chi connectivity index (χ3n) is 3.36. The van der Waals surface area contributed by atoms with E-state index in [0.29, 0.717) is 19.4 Å². The van der Waals surface area contributed by atoms with Crippen LogP contribution in [0.4, 0.5) is 0 Å². The average Bonchev–Trinajstić information content (AvgIpc) is 2.92. The van der Waals surface area contributed by atoms with Gasteiger partial charge in [0.25, 0.3) is 0 Å². The van der Waals surface area contributed by atoms with Crippen LogP contribution in [0, 0.1) is 13.8 Å². The molecule has 4 nitrogen and oxygen atoms in total. The van der Waals surface area contributed by atoms with Crippen LogP contribution in [0.1, 0.15) is 42.1 Å². The number of aromatic nitrogens is 1. The first-order valence-electron chi connectivity index (χ1n) is 7.46. The van der Waals surface area contributed by atoms with E-state index in [1.165, 1.54) is 0 Å². The maximum Gasteiger partial charge on any atom is 0.220 e. The van der Waals surface area contributed by atoms with Crippen molar-refractivity contribution in [2.45, 2.75) is 39.7 Å². The van der Waals surface area contributed by atoms with E-state index in [9.17, 15) is 4.79 Å². The third kappa shape index (κ3) is 4.84. The highest BCUT2D eigenvalue weighted by atomic mass is 32.1. The largest absolute Gasteiger partial charge is 0.493 e. The predicted molar refractivity (Wildman–Crippen MR) is 89.3 cm³/mol. The highest BCUT2D eigenvalue weighted by Gasteiger charge is 2.12. The van der Waals surface area contributed by atoms with E-state index in [0.717, 1.165) is 22.0 Å². The summed E-state index contributed by atoms with van der Waals surface area (Å²) in [4.78, 5) is 16.3. The van der Waals surface area contributed by atoms with E-state index in [4.69, 9.17) is 4.74 Å². The van der Waals surface area contributed by atoms with E-state index in [1.807, 2.05) is 50.4 Å². The molecular weight excluding hydrogens is 296 g/mol. The van der Waals surface area contributed by atoms with Crippen LogP contribution in [-0.2, 0) is 4.79 Å². The van der Waals surface area contributed by atoms with Crippen LogP contribution in [-0.4, -0.2) is 17.5 Å². The van der Waals surface area contributed by atoms with Gasteiger partial charge in [-0.1, -0.05) is 18.2 Å². The summed E-state index contributed by atoms with van der Waals surface area (Å²) in [5, 5.41) is 5.97. The minimum absolute atomic E-state index is 0.0338. The first-order valence-corrected chi connectivity index (χ1v) is 8.34. The van der Waals surface area contributed by atoms with Crippen LogP contribution < -0.4 is 10.1 Å². The summed E-state index contributed by atoms with van der Waals surface area (Å²) < 4.78 is 5.69. The number of aryl methyl sites for hydroxylation is 2. The lowest BCUT2D eigenvalue weighted by atomic mass is 10.2. The normalized spacial score (nSPS) is 12.0. The highest BCUT2D eigenvalue weighted by Crippen LogP contribution is 2.17. The van der Waals surface area contributed by atoms with Gasteiger partial charge in [-0.2, -0.15) is 0 Å². The minimum atomic E-state index is -0.0465. The monoisotopic (exact) mass is 318 g/mol. The number of hydrogen-bond donors (Lipinski definition) is 1. The fourth-order valence-electron chi connectivity index (χ4n) is 2.10. The van der Waals surface area contributed by atoms with Crippen LogP contribution in [0.2, 0.25) is 0 Å². The Kier molecular flexibility index (Phi) is 5.95. The molecule has 0 aliphatic heterocycles. The highest BCUT2D eigenvalue weighted by molar-refractivity contribution is 7.09. The smallest absolute Gasteiger partial charge is 0.220 e. The minimum Gasteiger partial charge on any atom is -0.493 e. The summed E-state index contributed by atoms with van der Waals surface area (Å²) in [5.74, 6) is 0.917. The van der Waals surface area contributed by atoms with Gasteiger partial charge in [0.1, 0.15) is 5.75 Å². The Balaban J connectivity index is 1.69. The SMILES string of the molecule is Cc1nc(C(C)NC(=O)CCCOc2ccccc2C)cs1. The number of thiazole rings is 1. The van der Waals surface area contributed by atoms with Crippen molar-refractivity contribution < 1.29 is 9.53 Å². The summed E-state index contributed by atoms with van der Waals surface area (Å²) in [6, 6.07) is 7.85. The van der Waals surface area contributed by atoms with E-state index in [2.05, 4.69) is 10.3 Å². The second-order valence-electron chi connectivity index (χ2n) is 5.30. The number of nitrogens with zero attached hydrogens (tertiary/aromatic N) is 1. The zero-order valence-corrected chi connectivity index (χ0v) is 14.1. The van der Waals surface area contributed by atoms with Gasteiger partial charge in [0.2, 0.25) is 5.91 Å². The fourth-order valence-corrected chi connectivity index (χ4v) is 2.81. The zero-order chi connectivity index (χ0) is 15.9. The molecule has 5 heteroatoms. The van der Waals surface area contributed by atoms with Crippen molar-refractivity contribution in [2.75, 3.05) is 6.61 Å². The molecule has 1 aromatic carbocycles. The molecule has 1 heterocycles. The summed E-state index contributed by atoms with van der Waals surface area (Å²) in [5.41, 5.74) is 2.03. The Morgan fingerprint density at radius 2 is 2.14 bits per heavy atom. The molecule has 0 spiro atoms. The maximum atomic E-state index is 11.9. The Bertz CT molecular complexity index is 625. The molecule has 118 valence electrons. The van der Waals surface area contributed by atoms with Crippen LogP contribution in [0.3, 0.4) is 0 Å². The molecule has 0 fully saturated rings. The molecule has 0 aliphatic rings. The molecular formula is C17H22N2O2S. The Labute approximate surface area is 135 Å². The van der Waals surface area contributed by atoms with Gasteiger partial charge in [-0.15, -0.1) is 11.3 Å². The molecule has 1 unspecified atom stereocenters. The lowest BCUT2D eigenvalue weighted by molar-refractivity contribution is -0.122. The summed E-state index contributed by atoms with van der Waals surface area (Å²) in [7, 11) is 0. The van der Waals surface area contributed by atoms with Crippen molar-refractivity contribution in [1.29, 1.82) is 0 Å². The van der Waals surface area contributed by atoms with Gasteiger partial charge in [-0.25, -0.2) is 4.98 Å². The van der Waals surface area contributed by atoms with E-state index in [-0.39, 0.29) is 11.9 Å². The molecule has 0 radical (unpaired) electrons. The number of benzene rings is 1. The quantitative estimate of drug-likeness (QED) is 0.790. The summed E-state index contributed by atoms with van der Waals surface area (Å²) in [6.45, 7) is 6.48. The van der Waals surface area contributed by atoms with Crippen LogP contribution in [0.15, 0.2) is 29.6 Å². The zero-order valence-electron chi connectivity index (χ0n) is 13.3. The van der Waals surface area contributed by atoms with E-state index in [1.54, 1.807) is 11.3 Å². The molecule has 2 rings (SSSR count). The Morgan fingerprint density at radius 1 is 1.36 bits per heavy atom. The number of carbonyl (C=O) groups is 1. The van der Waals surface area contributed by atoms with E-state index < -0.39 is 0 Å². The van der Waals surface area contributed by atoms with Crippen molar-refractivity contribution in [3.8, 4) is 5.75 Å². The van der Waals surface area contributed by atoms with Gasteiger partial charge in [0, 0.05) is 11.8 Å². The first kappa shape index (κ1) is 16.5. The molecule has 2 aromatic rings. The van der Waals surface area contributed by atoms with Crippen molar-refractivity contribution in [3.05, 3.63) is 45.9 Å². The van der Waals surface area contributed by atoms with Crippen molar-refractivity contribution >= 4 is 17.2 Å². The topological polar surface area (TPSA) is 51.2 Å². The molecule has 0 bridgehead atoms. The first-order chi connectivity index (χ1) is 10.6. The average molecular weight is 318 g/mol. The molecule has 0 saturated heterocycles. The number of ether oxygens (including phenoxy) is 1. The standard InChI is InChI=1S/C17H22N2O2S/c1-12-7-4-5-8-16(12)21-10-6-9-17(20)18-13(2)15-11-22-14(3)19-15/h4-5,7-8,11,13H,6,9-10H2,1-3H3,(H,18,20). The third-order valence-corrected chi connectivity index (χ3v) is 4.15. The maximum absolute atomic E-state index is 11.9. The van der Waals surface area contributed by atoms with Crippen molar-refractivity contribution in [2.24, 2.45) is 0 Å². The Hall–Kier alpha value is -1.88. The molecule has 0 aliphatic carbocycles. The number of nitrogens with one attached hydrogen (secondary N) is 1. The number of para-hydroxylation sites is 1. The van der Waals surface area contributed by atoms with Gasteiger partial charge in [0.15, 0.2) is 0 Å². The van der Waals surface area contributed by atoms with Crippen molar-refractivity contribution in [3.63, 3.8) is 0 Å². The van der Waals surface area contributed by atoms with Crippen LogP contribution in [0.25, 0.3) is 0 Å². The number of rotatable bonds is 7. The van der Waals surface area contributed by atoms with Gasteiger partial charge in [0.05, 0.1) is 23.4 Å². The molecule has 1 atom stereocenters. The fraction of sp³-hybridized carbons (Fsp3) is 0.412. The van der Waals surface area contributed by atoms with Gasteiger partial charge in [-0.05, 0) is 38.8 Å². The molecule has 1 N–H and O–H groups in total. The molecule has 1 aromatic heterocycles. The molecule has 1 amide bonds. The molecule has 0 saturated carbocycles. The second kappa shape index (κ2) is 7.94. The van der Waals surface area contributed by atoms with Crippen LogP contribution in [0.5, 0.6) is 5.75 Å².